The molecule has 1 aromatic carbocycles. The number of hydrogen-bond donors (Lipinski definition) is 1. The third-order valence-corrected chi connectivity index (χ3v) is 1.60. The number of nitrogens with one attached hydrogen (secondary N) is 1. The number of amides is 1. The van der Waals surface area contributed by atoms with Gasteiger partial charge in [0.2, 0.25) is 5.91 Å². The smallest absolute Gasteiger partial charge is 0.246 e. The fraction of sp³-hybridized carbons (Fsp3) is 0.273. The second-order valence-corrected chi connectivity index (χ2v) is 3.18. The van der Waals surface area contributed by atoms with Crippen molar-refractivity contribution in [3.8, 4) is 0 Å². The molecular weight excluding hydrogens is 176 g/mol. The molecule has 74 valence electrons. The Morgan fingerprint density at radius 3 is 2.50 bits per heavy atom. The Hall–Kier alpha value is -1.64. The molecule has 1 aromatic rings. The van der Waals surface area contributed by atoms with Crippen LogP contribution in [0.5, 0.6) is 0 Å². The van der Waals surface area contributed by atoms with Crippen molar-refractivity contribution in [2.75, 3.05) is 11.9 Å². The van der Waals surface area contributed by atoms with Crippen molar-refractivity contribution in [2.24, 2.45) is 4.99 Å². The molecule has 14 heavy (non-hydrogen) atoms. The topological polar surface area (TPSA) is 41.5 Å². The minimum Gasteiger partial charge on any atom is -0.324 e. The first-order chi connectivity index (χ1) is 6.68. The van der Waals surface area contributed by atoms with Gasteiger partial charge in [0.15, 0.2) is 0 Å². The maximum Gasteiger partial charge on any atom is 0.246 e. The molecule has 1 N–H and O–H groups in total. The van der Waals surface area contributed by atoms with E-state index in [0.717, 1.165) is 11.4 Å². The standard InChI is InChI=1S/C11H14N2O/c1-9(2)12-8-11(14)13-10-6-4-3-5-7-10/h3-7H,8H2,1-2H3,(H,13,14). The van der Waals surface area contributed by atoms with Gasteiger partial charge in [0.1, 0.15) is 6.54 Å². The van der Waals surface area contributed by atoms with Gasteiger partial charge >= 0.3 is 0 Å². The molecule has 0 aliphatic carbocycles. The molecule has 0 aliphatic rings. The quantitative estimate of drug-likeness (QED) is 0.729. The predicted molar refractivity (Wildman–Crippen MR) is 58.7 cm³/mol. The van der Waals surface area contributed by atoms with E-state index in [1.54, 1.807) is 0 Å². The van der Waals surface area contributed by atoms with Gasteiger partial charge in [-0.05, 0) is 26.0 Å². The van der Waals surface area contributed by atoms with E-state index in [1.807, 2.05) is 44.2 Å². The van der Waals surface area contributed by atoms with Crippen molar-refractivity contribution >= 4 is 17.3 Å². The van der Waals surface area contributed by atoms with Crippen LogP contribution in [0.1, 0.15) is 13.8 Å². The van der Waals surface area contributed by atoms with Gasteiger partial charge in [0.25, 0.3) is 0 Å². The summed E-state index contributed by atoms with van der Waals surface area (Å²) in [6, 6.07) is 9.36. The number of aliphatic imine (C=N–C) groups is 1. The summed E-state index contributed by atoms with van der Waals surface area (Å²) in [4.78, 5) is 15.3. The number of benzene rings is 1. The summed E-state index contributed by atoms with van der Waals surface area (Å²) in [7, 11) is 0. The second kappa shape index (κ2) is 5.17. The van der Waals surface area contributed by atoms with Crippen LogP contribution in [0.25, 0.3) is 0 Å². The van der Waals surface area contributed by atoms with Crippen LogP contribution in [-0.2, 0) is 4.79 Å². The van der Waals surface area contributed by atoms with Crippen molar-refractivity contribution in [3.63, 3.8) is 0 Å². The molecule has 3 nitrogen and oxygen atoms in total. The van der Waals surface area contributed by atoms with E-state index in [4.69, 9.17) is 0 Å². The predicted octanol–water partition coefficient (Wildman–Crippen LogP) is 2.11. The maximum atomic E-state index is 11.3. The van der Waals surface area contributed by atoms with Crippen LogP contribution < -0.4 is 5.32 Å². The average molecular weight is 190 g/mol. The van der Waals surface area contributed by atoms with Crippen LogP contribution in [0.15, 0.2) is 35.3 Å². The molecule has 0 saturated carbocycles. The van der Waals surface area contributed by atoms with E-state index in [1.165, 1.54) is 0 Å². The molecule has 0 fully saturated rings. The van der Waals surface area contributed by atoms with E-state index >= 15 is 0 Å². The number of rotatable bonds is 3. The highest BCUT2D eigenvalue weighted by molar-refractivity contribution is 5.93. The molecule has 0 bridgehead atoms. The third kappa shape index (κ3) is 3.85. The number of carbonyl (C=O) groups excluding carboxylic acids is 1. The molecule has 0 aromatic heterocycles. The summed E-state index contributed by atoms with van der Waals surface area (Å²) in [5, 5.41) is 2.75. The Bertz CT molecular complexity index is 326. The average Bonchev–Trinajstić information content (AvgIpc) is 2.16. The van der Waals surface area contributed by atoms with Crippen molar-refractivity contribution in [3.05, 3.63) is 30.3 Å². The van der Waals surface area contributed by atoms with Crippen LogP contribution in [0.2, 0.25) is 0 Å². The summed E-state index contributed by atoms with van der Waals surface area (Å²) in [5.41, 5.74) is 1.72. The Morgan fingerprint density at radius 1 is 1.29 bits per heavy atom. The number of para-hydroxylation sites is 1. The maximum absolute atomic E-state index is 11.3. The summed E-state index contributed by atoms with van der Waals surface area (Å²) in [6.07, 6.45) is 0. The lowest BCUT2D eigenvalue weighted by molar-refractivity contribution is -0.114. The lowest BCUT2D eigenvalue weighted by Gasteiger charge is -2.02. The largest absolute Gasteiger partial charge is 0.324 e. The van der Waals surface area contributed by atoms with Crippen LogP contribution in [0.4, 0.5) is 5.69 Å². The fourth-order valence-corrected chi connectivity index (χ4v) is 0.952. The molecule has 1 rings (SSSR count). The number of nitrogens with zero attached hydrogens (tertiary/aromatic N) is 1. The lowest BCUT2D eigenvalue weighted by atomic mass is 10.3. The van der Waals surface area contributed by atoms with Crippen LogP contribution in [-0.4, -0.2) is 18.2 Å². The summed E-state index contributed by atoms with van der Waals surface area (Å²) >= 11 is 0. The number of carbonyl (C=O) groups is 1. The zero-order chi connectivity index (χ0) is 10.4. The summed E-state index contributed by atoms with van der Waals surface area (Å²) < 4.78 is 0. The molecule has 1 amide bonds. The van der Waals surface area contributed by atoms with Crippen molar-refractivity contribution < 1.29 is 4.79 Å². The molecule has 0 saturated heterocycles. The van der Waals surface area contributed by atoms with Gasteiger partial charge < -0.3 is 5.32 Å². The van der Waals surface area contributed by atoms with E-state index < -0.39 is 0 Å². The SMILES string of the molecule is CC(C)=NCC(=O)Nc1ccccc1. The minimum absolute atomic E-state index is 0.0857. The first kappa shape index (κ1) is 10.4. The van der Waals surface area contributed by atoms with Gasteiger partial charge in [-0.25, -0.2) is 0 Å². The molecule has 0 unspecified atom stereocenters. The van der Waals surface area contributed by atoms with E-state index in [-0.39, 0.29) is 12.5 Å². The molecule has 0 atom stereocenters. The zero-order valence-electron chi connectivity index (χ0n) is 8.45. The molecule has 3 heteroatoms. The Morgan fingerprint density at radius 2 is 1.93 bits per heavy atom. The van der Waals surface area contributed by atoms with Gasteiger partial charge in [-0.2, -0.15) is 0 Å². The van der Waals surface area contributed by atoms with Crippen LogP contribution >= 0.6 is 0 Å². The molecule has 0 aliphatic heterocycles. The van der Waals surface area contributed by atoms with E-state index in [0.29, 0.717) is 0 Å². The molecule has 0 radical (unpaired) electrons. The number of hydrogen-bond acceptors (Lipinski definition) is 2. The highest BCUT2D eigenvalue weighted by atomic mass is 16.1. The van der Waals surface area contributed by atoms with Crippen molar-refractivity contribution in [1.82, 2.24) is 0 Å². The number of anilines is 1. The zero-order valence-corrected chi connectivity index (χ0v) is 8.45. The highest BCUT2D eigenvalue weighted by Crippen LogP contribution is 2.04. The van der Waals surface area contributed by atoms with Crippen LogP contribution in [0.3, 0.4) is 0 Å². The summed E-state index contributed by atoms with van der Waals surface area (Å²) in [5.74, 6) is -0.0857. The van der Waals surface area contributed by atoms with Crippen molar-refractivity contribution in [2.45, 2.75) is 13.8 Å². The van der Waals surface area contributed by atoms with Gasteiger partial charge in [0.05, 0.1) is 0 Å². The van der Waals surface area contributed by atoms with Crippen LogP contribution in [0, 0.1) is 0 Å². The Kier molecular flexibility index (Phi) is 3.85. The van der Waals surface area contributed by atoms with Crippen molar-refractivity contribution in [1.29, 1.82) is 0 Å². The first-order valence-corrected chi connectivity index (χ1v) is 4.51. The van der Waals surface area contributed by atoms with E-state index in [2.05, 4.69) is 10.3 Å². The lowest BCUT2D eigenvalue weighted by Crippen LogP contribution is -2.15. The first-order valence-electron chi connectivity index (χ1n) is 4.51. The van der Waals surface area contributed by atoms with Gasteiger partial charge in [-0.1, -0.05) is 18.2 Å². The van der Waals surface area contributed by atoms with E-state index in [9.17, 15) is 4.79 Å². The Balaban J connectivity index is 2.46. The minimum atomic E-state index is -0.0857. The Labute approximate surface area is 83.9 Å². The molecule has 0 spiro atoms. The third-order valence-electron chi connectivity index (χ3n) is 1.60. The molecule has 0 heterocycles. The normalized spacial score (nSPS) is 9.29. The van der Waals surface area contributed by atoms with Gasteiger partial charge in [-0.3, -0.25) is 9.79 Å². The van der Waals surface area contributed by atoms with Gasteiger partial charge in [0, 0.05) is 11.4 Å². The second-order valence-electron chi connectivity index (χ2n) is 3.18. The van der Waals surface area contributed by atoms with Gasteiger partial charge in [-0.15, -0.1) is 0 Å². The monoisotopic (exact) mass is 190 g/mol. The molecular formula is C11H14N2O. The summed E-state index contributed by atoms with van der Waals surface area (Å²) in [6.45, 7) is 3.93. The highest BCUT2D eigenvalue weighted by Gasteiger charge is 1.98. The fourth-order valence-electron chi connectivity index (χ4n) is 0.952.